The highest BCUT2D eigenvalue weighted by Gasteiger charge is 2.66. The fraction of sp³-hybridized carbons (Fsp3) is 0.333. The number of aliphatic hydroxyl groups is 1. The fourth-order valence-electron chi connectivity index (χ4n) is 8.29. The molecule has 0 unspecified atom stereocenters. The molecule has 1 N–H and O–H groups in total. The topological polar surface area (TPSA) is 97.8 Å². The van der Waals surface area contributed by atoms with Crippen LogP contribution in [0.4, 0.5) is 17.1 Å². The van der Waals surface area contributed by atoms with E-state index in [2.05, 4.69) is 32.2 Å². The molecule has 4 aromatic rings. The Morgan fingerprint density at radius 3 is 2.29 bits per heavy atom. The van der Waals surface area contributed by atoms with Crippen molar-refractivity contribution in [2.45, 2.75) is 50.2 Å². The summed E-state index contributed by atoms with van der Waals surface area (Å²) in [6, 6.07) is 29.2. The summed E-state index contributed by atoms with van der Waals surface area (Å²) in [5, 5.41) is 11.5. The molecule has 0 aromatic heterocycles. The molecular formula is C39H42N2O7Si. The smallest absolute Gasteiger partial charge is 0.269 e. The predicted molar refractivity (Wildman–Crippen MR) is 191 cm³/mol. The molecule has 4 atom stereocenters. The Bertz CT molecular complexity index is 1880. The lowest BCUT2D eigenvalue weighted by Gasteiger charge is -2.37. The van der Waals surface area contributed by atoms with Crippen LogP contribution in [0, 0.1) is 5.92 Å². The van der Waals surface area contributed by atoms with Crippen LogP contribution in [0.2, 0.25) is 18.6 Å². The van der Waals surface area contributed by atoms with E-state index in [-0.39, 0.29) is 42.6 Å². The maximum Gasteiger partial charge on any atom is 0.269 e. The number of fused-ring (bicyclic) bond motifs is 3. The molecule has 1 fully saturated rings. The van der Waals surface area contributed by atoms with E-state index >= 15 is 0 Å². The largest absolute Gasteiger partial charge is 0.497 e. The molecule has 10 heteroatoms. The van der Waals surface area contributed by atoms with E-state index in [4.69, 9.17) is 18.9 Å². The van der Waals surface area contributed by atoms with Gasteiger partial charge in [-0.25, -0.2) is 0 Å². The molecule has 1 saturated heterocycles. The van der Waals surface area contributed by atoms with Crippen molar-refractivity contribution in [2.24, 2.45) is 5.92 Å². The molecule has 0 radical (unpaired) electrons. The Balaban J connectivity index is 1.24. The van der Waals surface area contributed by atoms with Crippen LogP contribution < -0.4 is 29.2 Å². The van der Waals surface area contributed by atoms with Crippen LogP contribution in [0.1, 0.15) is 24.5 Å². The number of methoxy groups -OCH3 is 2. The van der Waals surface area contributed by atoms with E-state index < -0.39 is 13.7 Å². The Hall–Kier alpha value is -4.64. The van der Waals surface area contributed by atoms with E-state index in [0.717, 1.165) is 28.3 Å². The van der Waals surface area contributed by atoms with Crippen LogP contribution in [-0.4, -0.2) is 58.5 Å². The zero-order valence-electron chi connectivity index (χ0n) is 28.5. The molecular weight excluding hydrogens is 637 g/mol. The Morgan fingerprint density at radius 1 is 0.898 bits per heavy atom. The Labute approximate surface area is 288 Å². The van der Waals surface area contributed by atoms with Crippen molar-refractivity contribution in [3.8, 4) is 17.2 Å². The van der Waals surface area contributed by atoms with Crippen molar-refractivity contribution < 1.29 is 33.6 Å². The normalized spacial score (nSPS) is 23.0. The quantitative estimate of drug-likeness (QED) is 0.220. The number of anilines is 3. The van der Waals surface area contributed by atoms with Crippen molar-refractivity contribution in [3.05, 3.63) is 102 Å². The zero-order valence-corrected chi connectivity index (χ0v) is 29.5. The number of ether oxygens (including phenoxy) is 4. The summed E-state index contributed by atoms with van der Waals surface area (Å²) in [6.07, 6.45) is 0.112. The molecule has 254 valence electrons. The molecule has 0 saturated carbocycles. The van der Waals surface area contributed by atoms with Crippen LogP contribution in [0.3, 0.4) is 0 Å². The van der Waals surface area contributed by atoms with E-state index in [1.807, 2.05) is 83.8 Å². The van der Waals surface area contributed by atoms with Gasteiger partial charge in [-0.05, 0) is 72.1 Å². The van der Waals surface area contributed by atoms with Gasteiger partial charge in [0.25, 0.3) is 11.8 Å². The van der Waals surface area contributed by atoms with Crippen molar-refractivity contribution in [1.82, 2.24) is 0 Å². The number of hydrogen-bond donors (Lipinski definition) is 1. The van der Waals surface area contributed by atoms with E-state index in [9.17, 15) is 14.7 Å². The van der Waals surface area contributed by atoms with Gasteiger partial charge in [0.05, 0.1) is 46.3 Å². The summed E-state index contributed by atoms with van der Waals surface area (Å²) in [5.41, 5.74) is 2.71. The number of aliphatic hydroxyl groups excluding tert-OH is 1. The number of carbonyl (C=O) groups excluding carboxylic acids is 2. The Kier molecular flexibility index (Phi) is 8.50. The highest BCUT2D eigenvalue weighted by Crippen LogP contribution is 2.60. The third-order valence-corrected chi connectivity index (χ3v) is 15.1. The standard InChI is InChI=1S/C39H42N2O7Si/c1-25-37(49(4,5)30-17-14-28(45-2)15-18-30)35(20-21-42)48-39(25)31-22-29(46-3)16-19-32(31)40(38(39)44)23-26-10-12-27(13-11-26)41-33-8-6-7-9-34(33)47-24-36(41)43/h6-19,22,25,35,37,42H,20-21,23-24H2,1-5H3/t25-,35+,37-,39+/m0/s1. The molecule has 3 aliphatic heterocycles. The third kappa shape index (κ3) is 5.29. The summed E-state index contributed by atoms with van der Waals surface area (Å²) in [6.45, 7) is 7.03. The number of carbonyl (C=O) groups is 2. The molecule has 1 spiro atoms. The first-order valence-electron chi connectivity index (χ1n) is 16.7. The minimum absolute atomic E-state index is 0.0298. The SMILES string of the molecule is COc1ccc([Si](C)(C)[C@@H]2[C@@H](CCO)O[C@]3(C(=O)N(Cc4ccc(N5C(=O)COc6ccccc65)cc4)c4ccc(OC)cc43)[C@H]2C)cc1. The molecule has 9 nitrogen and oxygen atoms in total. The number of hydrogen-bond acceptors (Lipinski definition) is 7. The minimum Gasteiger partial charge on any atom is -0.497 e. The lowest BCUT2D eigenvalue weighted by atomic mass is 9.82. The molecule has 3 heterocycles. The van der Waals surface area contributed by atoms with Gasteiger partial charge < -0.3 is 29.0 Å². The zero-order chi connectivity index (χ0) is 34.5. The van der Waals surface area contributed by atoms with E-state index in [1.54, 1.807) is 19.1 Å². The van der Waals surface area contributed by atoms with Gasteiger partial charge >= 0.3 is 0 Å². The molecule has 0 aliphatic carbocycles. The van der Waals surface area contributed by atoms with Gasteiger partial charge in [0.15, 0.2) is 12.2 Å². The molecule has 3 aliphatic rings. The van der Waals surface area contributed by atoms with E-state index in [0.29, 0.717) is 30.2 Å². The number of rotatable bonds is 9. The van der Waals surface area contributed by atoms with Gasteiger partial charge in [0, 0.05) is 23.8 Å². The van der Waals surface area contributed by atoms with Crippen LogP contribution in [0.5, 0.6) is 17.2 Å². The fourth-order valence-corrected chi connectivity index (χ4v) is 12.4. The van der Waals surface area contributed by atoms with Crippen molar-refractivity contribution in [3.63, 3.8) is 0 Å². The van der Waals surface area contributed by atoms with Crippen molar-refractivity contribution >= 4 is 42.1 Å². The summed E-state index contributed by atoms with van der Waals surface area (Å²) in [5.74, 6) is 1.65. The van der Waals surface area contributed by atoms with Gasteiger partial charge in [-0.2, -0.15) is 0 Å². The molecule has 7 rings (SSSR count). The van der Waals surface area contributed by atoms with Crippen LogP contribution in [-0.2, 0) is 26.5 Å². The maximum atomic E-state index is 15.0. The first-order valence-corrected chi connectivity index (χ1v) is 19.8. The van der Waals surface area contributed by atoms with Gasteiger partial charge in [0.2, 0.25) is 0 Å². The molecule has 49 heavy (non-hydrogen) atoms. The van der Waals surface area contributed by atoms with Gasteiger partial charge in [0.1, 0.15) is 17.2 Å². The first kappa shape index (κ1) is 32.9. The Morgan fingerprint density at radius 2 is 1.59 bits per heavy atom. The average molecular weight is 679 g/mol. The summed E-state index contributed by atoms with van der Waals surface area (Å²) < 4.78 is 23.7. The van der Waals surface area contributed by atoms with Gasteiger partial charge in [-0.3, -0.25) is 14.5 Å². The highest BCUT2D eigenvalue weighted by molar-refractivity contribution is 6.91. The van der Waals surface area contributed by atoms with E-state index in [1.165, 1.54) is 5.19 Å². The second-order valence-corrected chi connectivity index (χ2v) is 18.3. The summed E-state index contributed by atoms with van der Waals surface area (Å²) >= 11 is 0. The van der Waals surface area contributed by atoms with Crippen molar-refractivity contribution in [1.29, 1.82) is 0 Å². The number of amides is 2. The molecule has 4 aromatic carbocycles. The molecule has 2 amide bonds. The number of benzene rings is 4. The lowest BCUT2D eigenvalue weighted by molar-refractivity contribution is -0.146. The molecule has 0 bridgehead atoms. The summed E-state index contributed by atoms with van der Waals surface area (Å²) in [7, 11) is 0.987. The average Bonchev–Trinajstić information content (AvgIpc) is 3.54. The second kappa shape index (κ2) is 12.7. The third-order valence-electron chi connectivity index (χ3n) is 10.7. The van der Waals surface area contributed by atoms with Gasteiger partial charge in [-0.15, -0.1) is 0 Å². The van der Waals surface area contributed by atoms with Crippen LogP contribution >= 0.6 is 0 Å². The maximum absolute atomic E-state index is 15.0. The van der Waals surface area contributed by atoms with Crippen LogP contribution in [0.25, 0.3) is 0 Å². The minimum atomic E-state index is -2.30. The first-order chi connectivity index (χ1) is 23.6. The van der Waals surface area contributed by atoms with Gasteiger partial charge in [-0.1, -0.05) is 61.6 Å². The van der Waals surface area contributed by atoms with Crippen molar-refractivity contribution in [2.75, 3.05) is 37.2 Å². The lowest BCUT2D eigenvalue weighted by Crippen LogP contribution is -2.51. The predicted octanol–water partition coefficient (Wildman–Crippen LogP) is 5.91. The summed E-state index contributed by atoms with van der Waals surface area (Å²) in [4.78, 5) is 31.4. The number of para-hydroxylation sites is 2. The monoisotopic (exact) mass is 678 g/mol. The highest BCUT2D eigenvalue weighted by atomic mass is 28.3. The van der Waals surface area contributed by atoms with Crippen LogP contribution in [0.15, 0.2) is 91.0 Å². The second-order valence-electron chi connectivity index (χ2n) is 13.6. The number of nitrogens with zero attached hydrogens (tertiary/aromatic N) is 2.